The predicted molar refractivity (Wildman–Crippen MR) is 73.4 cm³/mol. The number of nitro groups is 1. The number of nitrogens with zero attached hydrogens (tertiary/aromatic N) is 1. The molecule has 1 atom stereocenters. The molecule has 0 saturated heterocycles. The molecule has 0 heterocycles. The van der Waals surface area contributed by atoms with Crippen molar-refractivity contribution in [1.29, 1.82) is 0 Å². The number of ether oxygens (including phenoxy) is 1. The van der Waals surface area contributed by atoms with Gasteiger partial charge in [-0.15, -0.1) is 0 Å². The fourth-order valence-electron chi connectivity index (χ4n) is 2.01. The van der Waals surface area contributed by atoms with Crippen LogP contribution in [0.2, 0.25) is 0 Å². The van der Waals surface area contributed by atoms with Gasteiger partial charge in [0.25, 0.3) is 5.69 Å². The number of rotatable bonds is 6. The number of hydrogen-bond acceptors (Lipinski definition) is 3. The monoisotopic (exact) mass is 313 g/mol. The molecule has 2 rings (SSSR count). The van der Waals surface area contributed by atoms with Crippen molar-refractivity contribution in [3.05, 3.63) is 33.9 Å². The van der Waals surface area contributed by atoms with Crippen LogP contribution in [0.25, 0.3) is 0 Å². The van der Waals surface area contributed by atoms with Gasteiger partial charge in [0, 0.05) is 10.9 Å². The van der Waals surface area contributed by atoms with Gasteiger partial charge in [0.1, 0.15) is 5.75 Å². The van der Waals surface area contributed by atoms with E-state index in [9.17, 15) is 10.1 Å². The summed E-state index contributed by atoms with van der Waals surface area (Å²) in [6, 6.07) is 4.96. The van der Waals surface area contributed by atoms with E-state index >= 15 is 0 Å². The van der Waals surface area contributed by atoms with E-state index < -0.39 is 0 Å². The average molecular weight is 314 g/mol. The van der Waals surface area contributed by atoms with E-state index in [0.717, 1.165) is 24.3 Å². The Hall–Kier alpha value is -1.10. The van der Waals surface area contributed by atoms with Crippen LogP contribution < -0.4 is 4.74 Å². The molecular weight excluding hydrogens is 298 g/mol. The highest BCUT2D eigenvalue weighted by Crippen LogP contribution is 2.38. The molecular formula is C13H16BrNO3. The fraction of sp³-hybridized carbons (Fsp3) is 0.538. The summed E-state index contributed by atoms with van der Waals surface area (Å²) in [6.45, 7) is 0. The number of non-ortho nitro benzene ring substituents is 1. The highest BCUT2D eigenvalue weighted by atomic mass is 79.9. The summed E-state index contributed by atoms with van der Waals surface area (Å²) >= 11 is 3.68. The van der Waals surface area contributed by atoms with Crippen molar-refractivity contribution in [3.8, 4) is 5.75 Å². The van der Waals surface area contributed by atoms with Gasteiger partial charge in [-0.3, -0.25) is 10.1 Å². The minimum absolute atomic E-state index is 0.0990. The fourth-order valence-corrected chi connectivity index (χ4v) is 2.77. The first kappa shape index (κ1) is 13.3. The van der Waals surface area contributed by atoms with E-state index in [2.05, 4.69) is 15.9 Å². The van der Waals surface area contributed by atoms with Gasteiger partial charge in [0.15, 0.2) is 0 Å². The maximum Gasteiger partial charge on any atom is 0.273 e. The van der Waals surface area contributed by atoms with Gasteiger partial charge in [0.2, 0.25) is 0 Å². The van der Waals surface area contributed by atoms with Crippen molar-refractivity contribution in [2.45, 2.75) is 30.5 Å². The van der Waals surface area contributed by atoms with E-state index in [4.69, 9.17) is 4.74 Å². The molecule has 1 saturated carbocycles. The standard InChI is InChI=1S/C13H16BrNO3/c1-18-12-7-9(6-11(8-12)15(16)17)2-5-13(14)10-3-4-10/h6-8,10,13H,2-5H2,1H3. The Morgan fingerprint density at radius 2 is 2.22 bits per heavy atom. The average Bonchev–Trinajstić information content (AvgIpc) is 3.19. The Bertz CT molecular complexity index is 446. The molecule has 0 amide bonds. The molecule has 18 heavy (non-hydrogen) atoms. The van der Waals surface area contributed by atoms with E-state index in [-0.39, 0.29) is 10.6 Å². The second kappa shape index (κ2) is 5.69. The Kier molecular flexibility index (Phi) is 4.22. The normalized spacial score (nSPS) is 16.3. The number of halogens is 1. The van der Waals surface area contributed by atoms with Crippen LogP contribution in [0.15, 0.2) is 18.2 Å². The Balaban J connectivity index is 2.05. The Labute approximate surface area is 115 Å². The van der Waals surface area contributed by atoms with Crippen molar-refractivity contribution in [2.75, 3.05) is 7.11 Å². The molecule has 1 aliphatic carbocycles. The summed E-state index contributed by atoms with van der Waals surface area (Å²) in [4.78, 5) is 11.0. The van der Waals surface area contributed by atoms with Gasteiger partial charge in [0.05, 0.1) is 18.1 Å². The van der Waals surface area contributed by atoms with Crippen LogP contribution in [0.3, 0.4) is 0 Å². The minimum Gasteiger partial charge on any atom is -0.496 e. The third-order valence-electron chi connectivity index (χ3n) is 3.24. The molecule has 1 fully saturated rings. The van der Waals surface area contributed by atoms with Crippen molar-refractivity contribution >= 4 is 21.6 Å². The number of aryl methyl sites for hydroxylation is 1. The SMILES string of the molecule is COc1cc(CCC(Br)C2CC2)cc([N+](=O)[O-])c1. The molecule has 1 aromatic carbocycles. The molecule has 0 bridgehead atoms. The lowest BCUT2D eigenvalue weighted by Gasteiger charge is -2.09. The van der Waals surface area contributed by atoms with Gasteiger partial charge in [-0.25, -0.2) is 0 Å². The van der Waals surface area contributed by atoms with Gasteiger partial charge in [-0.2, -0.15) is 0 Å². The first-order chi connectivity index (χ1) is 8.60. The van der Waals surface area contributed by atoms with Crippen LogP contribution in [-0.4, -0.2) is 16.9 Å². The Morgan fingerprint density at radius 3 is 2.78 bits per heavy atom. The van der Waals surface area contributed by atoms with Crippen molar-refractivity contribution in [1.82, 2.24) is 0 Å². The quantitative estimate of drug-likeness (QED) is 0.457. The zero-order valence-electron chi connectivity index (χ0n) is 10.3. The number of alkyl halides is 1. The molecule has 4 nitrogen and oxygen atoms in total. The molecule has 1 aromatic rings. The lowest BCUT2D eigenvalue weighted by Crippen LogP contribution is -2.03. The highest BCUT2D eigenvalue weighted by molar-refractivity contribution is 9.09. The molecule has 5 heteroatoms. The van der Waals surface area contributed by atoms with Crippen LogP contribution >= 0.6 is 15.9 Å². The maximum absolute atomic E-state index is 10.8. The van der Waals surface area contributed by atoms with E-state index in [1.807, 2.05) is 6.07 Å². The molecule has 98 valence electrons. The minimum atomic E-state index is -0.376. The summed E-state index contributed by atoms with van der Waals surface area (Å²) in [5, 5.41) is 10.8. The van der Waals surface area contributed by atoms with Gasteiger partial charge >= 0.3 is 0 Å². The number of benzene rings is 1. The summed E-state index contributed by atoms with van der Waals surface area (Å²) < 4.78 is 5.10. The largest absolute Gasteiger partial charge is 0.496 e. The predicted octanol–water partition coefficient (Wildman–Crippen LogP) is 3.71. The maximum atomic E-state index is 10.8. The molecule has 1 unspecified atom stereocenters. The lowest BCUT2D eigenvalue weighted by atomic mass is 10.1. The van der Waals surface area contributed by atoms with Crippen LogP contribution in [-0.2, 0) is 6.42 Å². The number of nitro benzene ring substituents is 1. The zero-order valence-corrected chi connectivity index (χ0v) is 11.9. The Morgan fingerprint density at radius 1 is 1.50 bits per heavy atom. The van der Waals surface area contributed by atoms with E-state index in [1.54, 1.807) is 6.07 Å². The third kappa shape index (κ3) is 3.45. The van der Waals surface area contributed by atoms with E-state index in [1.165, 1.54) is 26.0 Å². The number of methoxy groups -OCH3 is 1. The van der Waals surface area contributed by atoms with Gasteiger partial charge < -0.3 is 4.74 Å². The smallest absolute Gasteiger partial charge is 0.273 e. The first-order valence-electron chi connectivity index (χ1n) is 6.06. The van der Waals surface area contributed by atoms with Crippen molar-refractivity contribution in [3.63, 3.8) is 0 Å². The molecule has 0 aliphatic heterocycles. The summed E-state index contributed by atoms with van der Waals surface area (Å²) in [5.41, 5.74) is 1.06. The summed E-state index contributed by atoms with van der Waals surface area (Å²) in [6.07, 6.45) is 4.45. The van der Waals surface area contributed by atoms with Gasteiger partial charge in [-0.05, 0) is 43.2 Å². The van der Waals surface area contributed by atoms with Crippen molar-refractivity contribution in [2.24, 2.45) is 5.92 Å². The van der Waals surface area contributed by atoms with Crippen molar-refractivity contribution < 1.29 is 9.66 Å². The molecule has 0 spiro atoms. The van der Waals surface area contributed by atoms with Gasteiger partial charge in [-0.1, -0.05) is 15.9 Å². The molecule has 1 aliphatic rings. The second-order valence-corrected chi connectivity index (χ2v) is 5.86. The van der Waals surface area contributed by atoms with Crippen LogP contribution in [0.5, 0.6) is 5.75 Å². The van der Waals surface area contributed by atoms with E-state index in [0.29, 0.717) is 10.6 Å². The highest BCUT2D eigenvalue weighted by Gasteiger charge is 2.28. The van der Waals surface area contributed by atoms with Crippen LogP contribution in [0.4, 0.5) is 5.69 Å². The molecule has 0 aromatic heterocycles. The molecule has 0 N–H and O–H groups in total. The first-order valence-corrected chi connectivity index (χ1v) is 6.98. The summed E-state index contributed by atoms with van der Waals surface area (Å²) in [7, 11) is 1.53. The zero-order chi connectivity index (χ0) is 13.1. The molecule has 0 radical (unpaired) electrons. The third-order valence-corrected chi connectivity index (χ3v) is 4.45. The second-order valence-electron chi connectivity index (χ2n) is 4.69. The lowest BCUT2D eigenvalue weighted by molar-refractivity contribution is -0.385. The van der Waals surface area contributed by atoms with Crippen LogP contribution in [0, 0.1) is 16.0 Å². The topological polar surface area (TPSA) is 52.4 Å². The van der Waals surface area contributed by atoms with Crippen LogP contribution in [0.1, 0.15) is 24.8 Å². The number of hydrogen-bond donors (Lipinski definition) is 0. The summed E-state index contributed by atoms with van der Waals surface area (Å²) in [5.74, 6) is 1.35.